The van der Waals surface area contributed by atoms with Crippen LogP contribution >= 0.6 is 27.3 Å². The van der Waals surface area contributed by atoms with Gasteiger partial charge in [-0.2, -0.15) is 4.31 Å². The van der Waals surface area contributed by atoms with Crippen LogP contribution in [0.2, 0.25) is 0 Å². The Morgan fingerprint density at radius 1 is 0.973 bits per heavy atom. The highest BCUT2D eigenvalue weighted by atomic mass is 79.9. The summed E-state index contributed by atoms with van der Waals surface area (Å²) in [5, 5.41) is 0.610. The number of rotatable bonds is 14. The van der Waals surface area contributed by atoms with E-state index in [1.807, 2.05) is 32.3 Å². The Morgan fingerprint density at radius 2 is 1.62 bits per heavy atom. The van der Waals surface area contributed by atoms with Gasteiger partial charge >= 0.3 is 0 Å². The summed E-state index contributed by atoms with van der Waals surface area (Å²) in [6.45, 7) is 2.24. The molecule has 0 aliphatic carbocycles. The van der Waals surface area contributed by atoms with E-state index in [0.717, 1.165) is 27.7 Å². The molecule has 202 valence electrons. The Bertz CT molecular complexity index is 1270. The minimum absolute atomic E-state index is 0.111. The number of hydrogen-bond acceptors (Lipinski definition) is 8. The Balaban J connectivity index is 1.88. The molecule has 0 saturated heterocycles. The van der Waals surface area contributed by atoms with Crippen molar-refractivity contribution in [3.63, 3.8) is 0 Å². The molecule has 9 nitrogen and oxygen atoms in total. The molecule has 1 amide bonds. The topological polar surface area (TPSA) is 92.3 Å². The van der Waals surface area contributed by atoms with Crippen LogP contribution in [0.5, 0.6) is 0 Å². The fraction of sp³-hybridized carbons (Fsp3) is 0.440. The summed E-state index contributed by atoms with van der Waals surface area (Å²) in [4.78, 5) is 22.2. The van der Waals surface area contributed by atoms with Crippen molar-refractivity contribution in [3.8, 4) is 0 Å². The van der Waals surface area contributed by atoms with E-state index >= 15 is 0 Å². The molecule has 0 fully saturated rings. The predicted molar refractivity (Wildman–Crippen MR) is 151 cm³/mol. The number of anilines is 1. The van der Waals surface area contributed by atoms with Crippen molar-refractivity contribution < 1.29 is 22.7 Å². The molecule has 37 heavy (non-hydrogen) atoms. The van der Waals surface area contributed by atoms with Gasteiger partial charge in [-0.3, -0.25) is 9.69 Å². The largest absolute Gasteiger partial charge is 0.383 e. The summed E-state index contributed by atoms with van der Waals surface area (Å²) in [7, 11) is 3.25. The number of carbonyl (C=O) groups is 1. The molecule has 0 aliphatic rings. The van der Waals surface area contributed by atoms with Gasteiger partial charge in [0.05, 0.1) is 28.3 Å². The number of fused-ring (bicyclic) bond motifs is 1. The molecule has 0 spiro atoms. The third kappa shape index (κ3) is 7.79. The number of nitrogens with zero attached hydrogens (tertiary/aromatic N) is 4. The van der Waals surface area contributed by atoms with Crippen LogP contribution in [0, 0.1) is 0 Å². The minimum Gasteiger partial charge on any atom is -0.383 e. The van der Waals surface area contributed by atoms with E-state index in [1.54, 1.807) is 17.0 Å². The average Bonchev–Trinajstić information content (AvgIpc) is 3.29. The van der Waals surface area contributed by atoms with Crippen molar-refractivity contribution in [2.45, 2.75) is 11.3 Å². The summed E-state index contributed by atoms with van der Waals surface area (Å²) < 4.78 is 39.8. The molecule has 0 unspecified atom stereocenters. The summed E-state index contributed by atoms with van der Waals surface area (Å²) in [6, 6.07) is 11.9. The lowest BCUT2D eigenvalue weighted by molar-refractivity contribution is 0.0986. The maximum Gasteiger partial charge on any atom is 0.260 e. The number of benzene rings is 2. The van der Waals surface area contributed by atoms with Gasteiger partial charge in [0.15, 0.2) is 5.13 Å². The van der Waals surface area contributed by atoms with Gasteiger partial charge in [-0.25, -0.2) is 13.4 Å². The van der Waals surface area contributed by atoms with Crippen LogP contribution in [-0.2, 0) is 19.5 Å². The van der Waals surface area contributed by atoms with Gasteiger partial charge in [0.2, 0.25) is 10.0 Å². The normalized spacial score (nSPS) is 12.1. The van der Waals surface area contributed by atoms with E-state index in [0.29, 0.717) is 17.2 Å². The number of hydrogen-bond donors (Lipinski definition) is 0. The number of ether oxygens (including phenoxy) is 2. The van der Waals surface area contributed by atoms with E-state index in [1.165, 1.54) is 42.0 Å². The quantitative estimate of drug-likeness (QED) is 0.272. The predicted octanol–water partition coefficient (Wildman–Crippen LogP) is 3.94. The van der Waals surface area contributed by atoms with Crippen LogP contribution < -0.4 is 4.90 Å². The molecule has 1 aromatic heterocycles. The molecular weight excluding hydrogens is 580 g/mol. The molecule has 0 aliphatic heterocycles. The first-order valence-electron chi connectivity index (χ1n) is 11.8. The highest BCUT2D eigenvalue weighted by molar-refractivity contribution is 9.10. The number of carbonyl (C=O) groups excluding carboxylic acids is 1. The summed E-state index contributed by atoms with van der Waals surface area (Å²) in [5.74, 6) is -0.226. The third-order valence-electron chi connectivity index (χ3n) is 5.63. The van der Waals surface area contributed by atoms with Crippen molar-refractivity contribution in [3.05, 3.63) is 52.5 Å². The van der Waals surface area contributed by atoms with E-state index in [-0.39, 0.29) is 37.1 Å². The highest BCUT2D eigenvalue weighted by Crippen LogP contribution is 2.32. The van der Waals surface area contributed by atoms with Crippen LogP contribution in [-0.4, -0.2) is 96.2 Å². The van der Waals surface area contributed by atoms with Gasteiger partial charge in [0, 0.05) is 43.9 Å². The van der Waals surface area contributed by atoms with E-state index in [4.69, 9.17) is 14.5 Å². The first-order valence-corrected chi connectivity index (χ1v) is 14.8. The molecule has 0 N–H and O–H groups in total. The van der Waals surface area contributed by atoms with E-state index < -0.39 is 10.0 Å². The van der Waals surface area contributed by atoms with Crippen molar-refractivity contribution >= 4 is 58.5 Å². The van der Waals surface area contributed by atoms with Crippen LogP contribution in [0.25, 0.3) is 10.2 Å². The maximum absolute atomic E-state index is 13.6. The van der Waals surface area contributed by atoms with Gasteiger partial charge < -0.3 is 14.4 Å². The number of methoxy groups -OCH3 is 2. The van der Waals surface area contributed by atoms with Gasteiger partial charge in [-0.1, -0.05) is 27.3 Å². The zero-order valence-corrected chi connectivity index (χ0v) is 24.7. The first kappa shape index (κ1) is 29.6. The van der Waals surface area contributed by atoms with Crippen molar-refractivity contribution in [2.75, 3.05) is 72.6 Å². The lowest BCUT2D eigenvalue weighted by atomic mass is 10.2. The second-order valence-electron chi connectivity index (χ2n) is 8.64. The molecule has 0 saturated carbocycles. The van der Waals surface area contributed by atoms with Crippen molar-refractivity contribution in [1.29, 1.82) is 0 Å². The number of aromatic nitrogens is 1. The van der Waals surface area contributed by atoms with E-state index in [2.05, 4.69) is 20.8 Å². The standard InChI is InChI=1S/C25H33BrN4O5S2/c1-28(2)12-5-13-30(25-27-22-11-8-20(26)18-23(22)36-25)24(31)19-6-9-21(10-7-19)37(32,33)29(14-16-34-3)15-17-35-4/h6-11,18H,5,12-17H2,1-4H3. The lowest BCUT2D eigenvalue weighted by Gasteiger charge is -2.22. The van der Waals surface area contributed by atoms with Crippen molar-refractivity contribution in [1.82, 2.24) is 14.2 Å². The zero-order valence-electron chi connectivity index (χ0n) is 21.5. The second-order valence-corrected chi connectivity index (χ2v) is 12.5. The molecular formula is C25H33BrN4O5S2. The van der Waals surface area contributed by atoms with Gasteiger partial charge in [-0.15, -0.1) is 0 Å². The number of thiazole rings is 1. The molecule has 3 rings (SSSR count). The third-order valence-corrected chi connectivity index (χ3v) is 9.08. The maximum atomic E-state index is 13.6. The minimum atomic E-state index is -3.78. The smallest absolute Gasteiger partial charge is 0.260 e. The SMILES string of the molecule is COCCN(CCOC)S(=O)(=O)c1ccc(C(=O)N(CCCN(C)C)c2nc3ccc(Br)cc3s2)cc1. The van der Waals surface area contributed by atoms with Gasteiger partial charge in [0.25, 0.3) is 5.91 Å². The zero-order chi connectivity index (χ0) is 27.0. The molecule has 0 atom stereocenters. The van der Waals surface area contributed by atoms with Crippen LogP contribution in [0.15, 0.2) is 51.8 Å². The van der Waals surface area contributed by atoms with Crippen LogP contribution in [0.1, 0.15) is 16.8 Å². The van der Waals surface area contributed by atoms with E-state index in [9.17, 15) is 13.2 Å². The molecule has 1 heterocycles. The number of amides is 1. The second kappa shape index (κ2) is 13.7. The molecule has 0 bridgehead atoms. The summed E-state index contributed by atoms with van der Waals surface area (Å²) in [5.41, 5.74) is 1.21. The van der Waals surface area contributed by atoms with Crippen molar-refractivity contribution in [2.24, 2.45) is 0 Å². The fourth-order valence-electron chi connectivity index (χ4n) is 3.64. The van der Waals surface area contributed by atoms with Gasteiger partial charge in [0.1, 0.15) is 0 Å². The molecule has 2 aromatic carbocycles. The lowest BCUT2D eigenvalue weighted by Crippen LogP contribution is -2.36. The number of sulfonamides is 1. The van der Waals surface area contributed by atoms with Crippen LogP contribution in [0.4, 0.5) is 5.13 Å². The first-order chi connectivity index (χ1) is 17.7. The average molecular weight is 614 g/mol. The molecule has 12 heteroatoms. The Morgan fingerprint density at radius 3 is 2.22 bits per heavy atom. The Kier molecular flexibility index (Phi) is 11.0. The molecule has 0 radical (unpaired) electrons. The Hall–Kier alpha value is -1.93. The summed E-state index contributed by atoms with van der Waals surface area (Å²) >= 11 is 4.94. The summed E-state index contributed by atoms with van der Waals surface area (Å²) in [6.07, 6.45) is 0.763. The fourth-order valence-corrected chi connectivity index (χ4v) is 6.59. The monoisotopic (exact) mass is 612 g/mol. The van der Waals surface area contributed by atoms with Gasteiger partial charge in [-0.05, 0) is 69.5 Å². The Labute approximate surface area is 231 Å². The number of halogens is 1. The highest BCUT2D eigenvalue weighted by Gasteiger charge is 2.26. The molecule has 3 aromatic rings. The van der Waals surface area contributed by atoms with Crippen LogP contribution in [0.3, 0.4) is 0 Å².